The summed E-state index contributed by atoms with van der Waals surface area (Å²) in [5, 5.41) is 0.448. The van der Waals surface area contributed by atoms with Crippen LogP contribution in [0.1, 0.15) is 25.1 Å². The van der Waals surface area contributed by atoms with Crippen LogP contribution in [0.3, 0.4) is 0 Å². The van der Waals surface area contributed by atoms with Crippen LogP contribution in [0.2, 0.25) is 0 Å². The Morgan fingerprint density at radius 2 is 2.35 bits per heavy atom. The van der Waals surface area contributed by atoms with E-state index in [4.69, 9.17) is 5.73 Å². The van der Waals surface area contributed by atoms with Crippen molar-refractivity contribution in [2.45, 2.75) is 32.9 Å². The first kappa shape index (κ1) is 15.7. The van der Waals surface area contributed by atoms with Crippen LogP contribution in [0.4, 0.5) is 5.13 Å². The van der Waals surface area contributed by atoms with E-state index in [1.165, 1.54) is 11.3 Å². The number of nitrogens with one attached hydrogen (secondary N) is 1. The number of likely N-dealkylation sites (tertiary alicyclic amines) is 1. The van der Waals surface area contributed by atoms with E-state index in [-0.39, 0.29) is 5.75 Å². The Labute approximate surface area is 124 Å². The highest BCUT2D eigenvalue weighted by Gasteiger charge is 2.23. The molecule has 1 aliphatic rings. The predicted molar refractivity (Wildman–Crippen MR) is 82.2 cm³/mol. The summed E-state index contributed by atoms with van der Waals surface area (Å²) >= 11 is 1.40. The molecule has 3 N–H and O–H groups in total. The van der Waals surface area contributed by atoms with E-state index in [1.807, 2.05) is 0 Å². The Bertz CT molecular complexity index is 543. The summed E-state index contributed by atoms with van der Waals surface area (Å²) in [6, 6.07) is 0.291. The molecule has 0 aromatic carbocycles. The standard InChI is InChI=1S/C12H22N4O2S2/c1-3-20(17,18)15-12-14-6-10(19-12)8-16-5-4-11(13)9(2)7-16/h6,9,11H,3-5,7-8,13H2,1-2H3,(H,14,15). The lowest BCUT2D eigenvalue weighted by atomic mass is 9.95. The van der Waals surface area contributed by atoms with Gasteiger partial charge in [0, 0.05) is 36.8 Å². The number of hydrogen-bond donors (Lipinski definition) is 2. The Balaban J connectivity index is 1.93. The molecular formula is C12H22N4O2S2. The zero-order valence-electron chi connectivity index (χ0n) is 11.9. The first-order valence-electron chi connectivity index (χ1n) is 6.82. The van der Waals surface area contributed by atoms with Crippen LogP contribution >= 0.6 is 11.3 Å². The molecule has 1 aromatic heterocycles. The Morgan fingerprint density at radius 3 is 3.00 bits per heavy atom. The van der Waals surface area contributed by atoms with E-state index in [0.717, 1.165) is 30.9 Å². The minimum Gasteiger partial charge on any atom is -0.327 e. The van der Waals surface area contributed by atoms with Gasteiger partial charge in [-0.3, -0.25) is 9.62 Å². The van der Waals surface area contributed by atoms with Gasteiger partial charge in [-0.25, -0.2) is 13.4 Å². The van der Waals surface area contributed by atoms with Crippen LogP contribution in [0.25, 0.3) is 0 Å². The van der Waals surface area contributed by atoms with Crippen molar-refractivity contribution >= 4 is 26.5 Å². The topological polar surface area (TPSA) is 88.3 Å². The van der Waals surface area contributed by atoms with Gasteiger partial charge in [0.25, 0.3) is 0 Å². The quantitative estimate of drug-likeness (QED) is 0.848. The highest BCUT2D eigenvalue weighted by atomic mass is 32.2. The average molecular weight is 318 g/mol. The predicted octanol–water partition coefficient (Wildman–Crippen LogP) is 1.07. The third kappa shape index (κ3) is 4.15. The fraction of sp³-hybridized carbons (Fsp3) is 0.750. The number of nitrogens with two attached hydrogens (primary N) is 1. The molecule has 114 valence electrons. The molecule has 2 atom stereocenters. The van der Waals surface area contributed by atoms with Crippen LogP contribution in [0.15, 0.2) is 6.20 Å². The summed E-state index contributed by atoms with van der Waals surface area (Å²) in [5.41, 5.74) is 6.01. The normalized spacial score (nSPS) is 24.8. The summed E-state index contributed by atoms with van der Waals surface area (Å²) in [6.45, 7) is 6.55. The van der Waals surface area contributed by atoms with Gasteiger partial charge in [-0.2, -0.15) is 0 Å². The largest absolute Gasteiger partial charge is 0.327 e. The molecule has 1 fully saturated rings. The van der Waals surface area contributed by atoms with Crippen molar-refractivity contribution in [3.63, 3.8) is 0 Å². The Kier molecular flexibility index (Phi) is 5.00. The number of thiazole rings is 1. The van der Waals surface area contributed by atoms with Gasteiger partial charge < -0.3 is 5.73 Å². The van der Waals surface area contributed by atoms with Crippen molar-refractivity contribution < 1.29 is 8.42 Å². The van der Waals surface area contributed by atoms with E-state index in [1.54, 1.807) is 13.1 Å². The fourth-order valence-corrected chi connectivity index (χ4v) is 3.96. The van der Waals surface area contributed by atoms with E-state index in [2.05, 4.69) is 21.5 Å². The summed E-state index contributed by atoms with van der Waals surface area (Å²) < 4.78 is 25.4. The molecule has 0 aliphatic carbocycles. The van der Waals surface area contributed by atoms with Gasteiger partial charge in [-0.1, -0.05) is 18.3 Å². The second-order valence-corrected chi connectivity index (χ2v) is 8.43. The number of hydrogen-bond acceptors (Lipinski definition) is 6. The third-order valence-electron chi connectivity index (χ3n) is 3.61. The van der Waals surface area contributed by atoms with E-state index in [0.29, 0.717) is 17.1 Å². The first-order valence-corrected chi connectivity index (χ1v) is 9.29. The molecule has 6 nitrogen and oxygen atoms in total. The van der Waals surface area contributed by atoms with Crippen LogP contribution < -0.4 is 10.5 Å². The summed E-state index contributed by atoms with van der Waals surface area (Å²) in [5.74, 6) is 0.554. The van der Waals surface area contributed by atoms with Crippen LogP contribution in [-0.4, -0.2) is 43.2 Å². The number of rotatable bonds is 5. The van der Waals surface area contributed by atoms with Crippen molar-refractivity contribution in [1.82, 2.24) is 9.88 Å². The molecule has 0 radical (unpaired) electrons. The maximum Gasteiger partial charge on any atom is 0.234 e. The van der Waals surface area contributed by atoms with Crippen molar-refractivity contribution in [3.8, 4) is 0 Å². The zero-order valence-corrected chi connectivity index (χ0v) is 13.5. The molecule has 2 rings (SSSR count). The fourth-order valence-electron chi connectivity index (χ4n) is 2.25. The van der Waals surface area contributed by atoms with E-state index < -0.39 is 10.0 Å². The molecule has 0 amide bonds. The van der Waals surface area contributed by atoms with Crippen LogP contribution in [0, 0.1) is 5.92 Å². The number of sulfonamides is 1. The maximum atomic E-state index is 11.5. The highest BCUT2D eigenvalue weighted by Crippen LogP contribution is 2.23. The Morgan fingerprint density at radius 1 is 1.60 bits per heavy atom. The molecule has 1 aliphatic heterocycles. The second kappa shape index (κ2) is 6.38. The van der Waals surface area contributed by atoms with E-state index >= 15 is 0 Å². The van der Waals surface area contributed by atoms with Crippen molar-refractivity contribution in [3.05, 3.63) is 11.1 Å². The lowest BCUT2D eigenvalue weighted by Crippen LogP contribution is -2.45. The minimum atomic E-state index is -3.24. The van der Waals surface area contributed by atoms with Crippen LogP contribution in [0.5, 0.6) is 0 Å². The molecule has 20 heavy (non-hydrogen) atoms. The van der Waals surface area contributed by atoms with Crippen molar-refractivity contribution in [2.75, 3.05) is 23.6 Å². The van der Waals surface area contributed by atoms with E-state index in [9.17, 15) is 8.42 Å². The molecule has 2 heterocycles. The van der Waals surface area contributed by atoms with Crippen molar-refractivity contribution in [2.24, 2.45) is 11.7 Å². The molecule has 1 aromatic rings. The highest BCUT2D eigenvalue weighted by molar-refractivity contribution is 7.92. The Hall–Kier alpha value is -0.700. The SMILES string of the molecule is CCS(=O)(=O)Nc1ncc(CN2CCC(N)C(C)C2)s1. The lowest BCUT2D eigenvalue weighted by molar-refractivity contribution is 0.159. The maximum absolute atomic E-state index is 11.5. The van der Waals surface area contributed by atoms with Gasteiger partial charge in [-0.15, -0.1) is 0 Å². The zero-order chi connectivity index (χ0) is 14.8. The van der Waals surface area contributed by atoms with Gasteiger partial charge in [0.1, 0.15) is 0 Å². The number of nitrogens with zero attached hydrogens (tertiary/aromatic N) is 2. The molecular weight excluding hydrogens is 296 g/mol. The monoisotopic (exact) mass is 318 g/mol. The first-order chi connectivity index (χ1) is 9.39. The van der Waals surface area contributed by atoms with Gasteiger partial charge in [0.15, 0.2) is 5.13 Å². The molecule has 0 bridgehead atoms. The second-order valence-electron chi connectivity index (χ2n) is 5.30. The van der Waals surface area contributed by atoms with Crippen molar-refractivity contribution in [1.29, 1.82) is 0 Å². The van der Waals surface area contributed by atoms with Gasteiger partial charge in [0.2, 0.25) is 10.0 Å². The third-order valence-corrected chi connectivity index (χ3v) is 5.90. The molecule has 0 spiro atoms. The number of piperidine rings is 1. The molecule has 1 saturated heterocycles. The molecule has 0 saturated carbocycles. The molecule has 8 heteroatoms. The van der Waals surface area contributed by atoms with Gasteiger partial charge in [-0.05, 0) is 19.3 Å². The number of aromatic nitrogens is 1. The van der Waals surface area contributed by atoms with Gasteiger partial charge in [0.05, 0.1) is 5.75 Å². The molecule has 2 unspecified atom stereocenters. The lowest BCUT2D eigenvalue weighted by Gasteiger charge is -2.34. The summed E-state index contributed by atoms with van der Waals surface area (Å²) in [7, 11) is -3.24. The minimum absolute atomic E-state index is 0.0590. The smallest absolute Gasteiger partial charge is 0.234 e. The van der Waals surface area contributed by atoms with Crippen LogP contribution in [-0.2, 0) is 16.6 Å². The number of anilines is 1. The summed E-state index contributed by atoms with van der Waals surface area (Å²) in [6.07, 6.45) is 2.76. The van der Waals surface area contributed by atoms with Gasteiger partial charge >= 0.3 is 0 Å². The average Bonchev–Trinajstić information content (AvgIpc) is 2.80. The summed E-state index contributed by atoms with van der Waals surface area (Å²) in [4.78, 5) is 7.54.